The minimum absolute atomic E-state index is 0.0947. The van der Waals surface area contributed by atoms with E-state index in [-0.39, 0.29) is 25.2 Å². The van der Waals surface area contributed by atoms with E-state index in [9.17, 15) is 14.9 Å². The summed E-state index contributed by atoms with van der Waals surface area (Å²) >= 11 is 0. The SMILES string of the molecule is CCOC(C)(OCC)C(=O)CCC[N+](=O)[O-]. The van der Waals surface area contributed by atoms with Crippen LogP contribution in [0.1, 0.15) is 33.6 Å². The third-order valence-corrected chi connectivity index (χ3v) is 2.09. The lowest BCUT2D eigenvalue weighted by atomic mass is 10.1. The quantitative estimate of drug-likeness (QED) is 0.341. The molecule has 0 radical (unpaired) electrons. The molecule has 0 fully saturated rings. The Bertz CT molecular complexity index is 235. The van der Waals surface area contributed by atoms with Gasteiger partial charge in [-0.05, 0) is 20.8 Å². The van der Waals surface area contributed by atoms with Crippen molar-refractivity contribution in [1.29, 1.82) is 0 Å². The summed E-state index contributed by atoms with van der Waals surface area (Å²) in [7, 11) is 0. The summed E-state index contributed by atoms with van der Waals surface area (Å²) in [5.74, 6) is -1.52. The van der Waals surface area contributed by atoms with Crippen molar-refractivity contribution in [3.8, 4) is 0 Å². The Morgan fingerprint density at radius 2 is 1.81 bits per heavy atom. The minimum atomic E-state index is -1.26. The summed E-state index contributed by atoms with van der Waals surface area (Å²) < 4.78 is 10.5. The second-order valence-corrected chi connectivity index (χ2v) is 3.39. The minimum Gasteiger partial charge on any atom is -0.344 e. The summed E-state index contributed by atoms with van der Waals surface area (Å²) in [6.45, 7) is 5.59. The lowest BCUT2D eigenvalue weighted by Crippen LogP contribution is -2.41. The molecule has 0 rings (SSSR count). The highest BCUT2D eigenvalue weighted by Gasteiger charge is 2.33. The Labute approximate surface area is 95.1 Å². The van der Waals surface area contributed by atoms with Crippen molar-refractivity contribution in [3.63, 3.8) is 0 Å². The highest BCUT2D eigenvalue weighted by atomic mass is 16.7. The maximum absolute atomic E-state index is 11.8. The molecule has 0 aliphatic carbocycles. The van der Waals surface area contributed by atoms with Gasteiger partial charge in [0, 0.05) is 31.0 Å². The second kappa shape index (κ2) is 7.29. The van der Waals surface area contributed by atoms with Gasteiger partial charge in [-0.1, -0.05) is 0 Å². The molecular weight excluding hydrogens is 214 g/mol. The number of hydrogen-bond acceptors (Lipinski definition) is 5. The molecule has 0 amide bonds. The molecule has 0 aromatic carbocycles. The van der Waals surface area contributed by atoms with E-state index in [0.29, 0.717) is 13.2 Å². The van der Waals surface area contributed by atoms with E-state index in [1.165, 1.54) is 0 Å². The number of carbonyl (C=O) groups excluding carboxylic acids is 1. The Hall–Kier alpha value is -1.01. The van der Waals surface area contributed by atoms with Crippen molar-refractivity contribution >= 4 is 5.78 Å². The van der Waals surface area contributed by atoms with Crippen LogP contribution in [0.5, 0.6) is 0 Å². The molecule has 0 atom stereocenters. The summed E-state index contributed by atoms with van der Waals surface area (Å²) in [4.78, 5) is 21.4. The fourth-order valence-corrected chi connectivity index (χ4v) is 1.35. The van der Waals surface area contributed by atoms with Crippen molar-refractivity contribution in [2.24, 2.45) is 0 Å². The van der Waals surface area contributed by atoms with Crippen molar-refractivity contribution in [3.05, 3.63) is 10.1 Å². The first-order valence-electron chi connectivity index (χ1n) is 5.39. The van der Waals surface area contributed by atoms with Gasteiger partial charge in [-0.3, -0.25) is 14.9 Å². The molecule has 0 saturated heterocycles. The standard InChI is InChI=1S/C10H19NO5/c1-4-15-10(3,16-5-2)9(12)7-6-8-11(13)14/h4-8H2,1-3H3. The molecule has 0 N–H and O–H groups in total. The summed E-state index contributed by atoms with van der Waals surface area (Å²) in [5, 5.41) is 10.1. The lowest BCUT2D eigenvalue weighted by Gasteiger charge is -2.27. The number of nitro groups is 1. The van der Waals surface area contributed by atoms with Crippen molar-refractivity contribution in [1.82, 2.24) is 0 Å². The second-order valence-electron chi connectivity index (χ2n) is 3.39. The molecule has 16 heavy (non-hydrogen) atoms. The summed E-state index contributed by atoms with van der Waals surface area (Å²) in [6.07, 6.45) is 0.305. The first kappa shape index (κ1) is 15.0. The van der Waals surface area contributed by atoms with Crippen LogP contribution < -0.4 is 0 Å². The maximum atomic E-state index is 11.8. The number of nitrogens with zero attached hydrogens (tertiary/aromatic N) is 1. The third kappa shape index (κ3) is 5.18. The number of ketones is 1. The fraction of sp³-hybridized carbons (Fsp3) is 0.900. The van der Waals surface area contributed by atoms with Crippen LogP contribution in [0.2, 0.25) is 0 Å². The molecule has 0 aromatic heterocycles. The largest absolute Gasteiger partial charge is 0.344 e. The smallest absolute Gasteiger partial charge is 0.225 e. The molecule has 6 nitrogen and oxygen atoms in total. The first-order chi connectivity index (χ1) is 7.46. The van der Waals surface area contributed by atoms with Crippen LogP contribution in [-0.2, 0) is 14.3 Å². The molecule has 0 bridgehead atoms. The van der Waals surface area contributed by atoms with E-state index in [1.807, 2.05) is 0 Å². The number of Topliss-reactive ketones (excluding diaryl/α,β-unsaturated/α-hetero) is 1. The predicted octanol–water partition coefficient (Wildman–Crippen LogP) is 1.40. The monoisotopic (exact) mass is 233 g/mol. The van der Waals surface area contributed by atoms with E-state index in [4.69, 9.17) is 9.47 Å². The van der Waals surface area contributed by atoms with Crippen LogP contribution in [0.15, 0.2) is 0 Å². The Morgan fingerprint density at radius 1 is 1.31 bits per heavy atom. The lowest BCUT2D eigenvalue weighted by molar-refractivity contribution is -0.480. The van der Waals surface area contributed by atoms with E-state index in [0.717, 1.165) is 0 Å². The van der Waals surface area contributed by atoms with Gasteiger partial charge in [0.25, 0.3) is 0 Å². The van der Waals surface area contributed by atoms with Crippen molar-refractivity contribution in [2.75, 3.05) is 19.8 Å². The zero-order chi connectivity index (χ0) is 12.6. The Morgan fingerprint density at radius 3 is 2.19 bits per heavy atom. The van der Waals surface area contributed by atoms with Crippen LogP contribution >= 0.6 is 0 Å². The van der Waals surface area contributed by atoms with Gasteiger partial charge in [0.2, 0.25) is 12.3 Å². The molecule has 0 aromatic rings. The summed E-state index contributed by atoms with van der Waals surface area (Å²) in [6, 6.07) is 0. The van der Waals surface area contributed by atoms with E-state index >= 15 is 0 Å². The molecule has 6 heteroatoms. The molecule has 0 heterocycles. The average Bonchev–Trinajstić information content (AvgIpc) is 2.17. The summed E-state index contributed by atoms with van der Waals surface area (Å²) in [5.41, 5.74) is 0. The predicted molar refractivity (Wildman–Crippen MR) is 57.8 cm³/mol. The number of ether oxygens (including phenoxy) is 2. The van der Waals surface area contributed by atoms with Gasteiger partial charge in [-0.15, -0.1) is 0 Å². The zero-order valence-electron chi connectivity index (χ0n) is 10.0. The number of carbonyl (C=O) groups is 1. The maximum Gasteiger partial charge on any atom is 0.225 e. The van der Waals surface area contributed by atoms with E-state index in [2.05, 4.69) is 0 Å². The highest BCUT2D eigenvalue weighted by Crippen LogP contribution is 2.16. The van der Waals surface area contributed by atoms with Crippen LogP contribution in [-0.4, -0.2) is 36.3 Å². The molecule has 0 spiro atoms. The van der Waals surface area contributed by atoms with Crippen LogP contribution in [0.25, 0.3) is 0 Å². The van der Waals surface area contributed by atoms with Gasteiger partial charge in [0.1, 0.15) is 0 Å². The van der Waals surface area contributed by atoms with Crippen LogP contribution in [0.4, 0.5) is 0 Å². The Kier molecular flexibility index (Phi) is 6.83. The molecular formula is C10H19NO5. The van der Waals surface area contributed by atoms with E-state index in [1.54, 1.807) is 20.8 Å². The van der Waals surface area contributed by atoms with Gasteiger partial charge in [0.15, 0.2) is 5.78 Å². The molecule has 0 aliphatic rings. The van der Waals surface area contributed by atoms with Crippen molar-refractivity contribution < 1.29 is 19.2 Å². The van der Waals surface area contributed by atoms with Gasteiger partial charge in [-0.2, -0.15) is 0 Å². The van der Waals surface area contributed by atoms with Gasteiger partial charge in [0.05, 0.1) is 0 Å². The van der Waals surface area contributed by atoms with E-state index < -0.39 is 10.7 Å². The molecule has 0 aliphatic heterocycles. The normalized spacial score (nSPS) is 11.4. The molecule has 0 saturated carbocycles. The fourth-order valence-electron chi connectivity index (χ4n) is 1.35. The van der Waals surface area contributed by atoms with Crippen LogP contribution in [0.3, 0.4) is 0 Å². The topological polar surface area (TPSA) is 78.7 Å². The number of rotatable bonds is 9. The van der Waals surface area contributed by atoms with Crippen LogP contribution in [0, 0.1) is 10.1 Å². The molecule has 94 valence electrons. The van der Waals surface area contributed by atoms with Crippen molar-refractivity contribution in [2.45, 2.75) is 39.4 Å². The molecule has 0 unspecified atom stereocenters. The first-order valence-corrected chi connectivity index (χ1v) is 5.39. The zero-order valence-corrected chi connectivity index (χ0v) is 10.0. The van der Waals surface area contributed by atoms with Gasteiger partial charge in [-0.25, -0.2) is 0 Å². The third-order valence-electron chi connectivity index (χ3n) is 2.09. The van der Waals surface area contributed by atoms with Gasteiger partial charge >= 0.3 is 0 Å². The highest BCUT2D eigenvalue weighted by molar-refractivity contribution is 5.85. The van der Waals surface area contributed by atoms with Gasteiger partial charge < -0.3 is 9.47 Å². The number of hydrogen-bond donors (Lipinski definition) is 0. The average molecular weight is 233 g/mol. The Balaban J connectivity index is 4.21.